The van der Waals surface area contributed by atoms with Crippen LogP contribution in [0, 0.1) is 11.6 Å². The molecule has 1 heterocycles. The summed E-state index contributed by atoms with van der Waals surface area (Å²) in [5.74, 6) is -0.756. The van der Waals surface area contributed by atoms with Crippen LogP contribution in [0.3, 0.4) is 0 Å². The van der Waals surface area contributed by atoms with E-state index in [1.807, 2.05) is 0 Å². The van der Waals surface area contributed by atoms with Gasteiger partial charge in [0.1, 0.15) is 17.4 Å². The summed E-state index contributed by atoms with van der Waals surface area (Å²) < 4.78 is 26.1. The van der Waals surface area contributed by atoms with E-state index in [4.69, 9.17) is 0 Å². The zero-order chi connectivity index (χ0) is 14.1. The third-order valence-electron chi connectivity index (χ3n) is 3.20. The zero-order valence-electron chi connectivity index (χ0n) is 10.5. The Hall–Kier alpha value is -2.49. The molecule has 0 radical (unpaired) electrons. The van der Waals surface area contributed by atoms with Gasteiger partial charge in [0, 0.05) is 17.2 Å². The third kappa shape index (κ3) is 2.32. The fourth-order valence-corrected chi connectivity index (χ4v) is 2.19. The number of aromatic nitrogens is 1. The van der Waals surface area contributed by atoms with Crippen molar-refractivity contribution in [1.82, 2.24) is 4.98 Å². The quantitative estimate of drug-likeness (QED) is 0.768. The number of rotatable bonds is 2. The number of halogens is 2. The Morgan fingerprint density at radius 1 is 0.900 bits per heavy atom. The van der Waals surface area contributed by atoms with Gasteiger partial charge in [-0.3, -0.25) is 4.98 Å². The zero-order valence-corrected chi connectivity index (χ0v) is 10.5. The molecule has 0 atom stereocenters. The van der Waals surface area contributed by atoms with E-state index >= 15 is 0 Å². The second-order valence-corrected chi connectivity index (χ2v) is 4.58. The standard InChI is InChI=1S/C16H11F2NO/c17-11-3-1-10(2-4-11)7-15-13-6-5-12(18)8-14(13)16(20)9-19-15/h1-6,8-9,20H,7H2. The number of pyridine rings is 1. The summed E-state index contributed by atoms with van der Waals surface area (Å²) in [6.45, 7) is 0. The molecule has 0 aliphatic rings. The topological polar surface area (TPSA) is 33.1 Å². The molecule has 1 aromatic heterocycles. The normalized spacial score (nSPS) is 10.9. The van der Waals surface area contributed by atoms with Crippen molar-refractivity contribution in [3.8, 4) is 5.75 Å². The predicted octanol–water partition coefficient (Wildman–Crippen LogP) is 3.81. The van der Waals surface area contributed by atoms with Gasteiger partial charge in [0.15, 0.2) is 0 Å². The molecule has 2 nitrogen and oxygen atoms in total. The lowest BCUT2D eigenvalue weighted by molar-refractivity contribution is 0.478. The Bertz CT molecular complexity index is 769. The molecular weight excluding hydrogens is 260 g/mol. The Morgan fingerprint density at radius 3 is 2.35 bits per heavy atom. The molecule has 0 saturated carbocycles. The molecule has 4 heteroatoms. The summed E-state index contributed by atoms with van der Waals surface area (Å²) in [5.41, 5.74) is 1.61. The van der Waals surface area contributed by atoms with Crippen molar-refractivity contribution < 1.29 is 13.9 Å². The van der Waals surface area contributed by atoms with Crippen LogP contribution in [0.5, 0.6) is 5.75 Å². The summed E-state index contributed by atoms with van der Waals surface area (Å²) in [6, 6.07) is 10.3. The Balaban J connectivity index is 2.08. The summed E-state index contributed by atoms with van der Waals surface area (Å²) in [6.07, 6.45) is 1.79. The van der Waals surface area contributed by atoms with Crippen LogP contribution in [0.4, 0.5) is 8.78 Å². The lowest BCUT2D eigenvalue weighted by Crippen LogP contribution is -1.94. The minimum atomic E-state index is -0.410. The van der Waals surface area contributed by atoms with Gasteiger partial charge in [-0.2, -0.15) is 0 Å². The molecule has 0 fully saturated rings. The van der Waals surface area contributed by atoms with Gasteiger partial charge in [-0.15, -0.1) is 0 Å². The molecule has 0 amide bonds. The van der Waals surface area contributed by atoms with Crippen molar-refractivity contribution in [1.29, 1.82) is 0 Å². The average molecular weight is 271 g/mol. The fourth-order valence-electron chi connectivity index (χ4n) is 2.19. The van der Waals surface area contributed by atoms with E-state index in [0.29, 0.717) is 22.9 Å². The second-order valence-electron chi connectivity index (χ2n) is 4.58. The SMILES string of the molecule is Oc1cnc(Cc2ccc(F)cc2)c2ccc(F)cc12. The monoisotopic (exact) mass is 271 g/mol. The summed E-state index contributed by atoms with van der Waals surface area (Å²) in [7, 11) is 0. The first kappa shape index (κ1) is 12.5. The van der Waals surface area contributed by atoms with Gasteiger partial charge in [0.25, 0.3) is 0 Å². The molecule has 20 heavy (non-hydrogen) atoms. The van der Waals surface area contributed by atoms with Gasteiger partial charge in [-0.1, -0.05) is 12.1 Å². The van der Waals surface area contributed by atoms with Crippen molar-refractivity contribution >= 4 is 10.8 Å². The Morgan fingerprint density at radius 2 is 1.60 bits per heavy atom. The largest absolute Gasteiger partial charge is 0.506 e. The van der Waals surface area contributed by atoms with Crippen molar-refractivity contribution in [3.63, 3.8) is 0 Å². The van der Waals surface area contributed by atoms with E-state index in [1.54, 1.807) is 18.2 Å². The number of hydrogen-bond acceptors (Lipinski definition) is 2. The maximum absolute atomic E-state index is 13.2. The van der Waals surface area contributed by atoms with E-state index in [9.17, 15) is 13.9 Å². The first-order valence-electron chi connectivity index (χ1n) is 6.14. The molecule has 0 unspecified atom stereocenters. The van der Waals surface area contributed by atoms with Crippen LogP contribution >= 0.6 is 0 Å². The van der Waals surface area contributed by atoms with Crippen LogP contribution in [-0.4, -0.2) is 10.1 Å². The highest BCUT2D eigenvalue weighted by molar-refractivity contribution is 5.89. The highest BCUT2D eigenvalue weighted by atomic mass is 19.1. The Labute approximate surface area is 114 Å². The van der Waals surface area contributed by atoms with Gasteiger partial charge in [0.05, 0.1) is 11.9 Å². The van der Waals surface area contributed by atoms with Crippen LogP contribution in [0.15, 0.2) is 48.7 Å². The molecule has 1 N–H and O–H groups in total. The Kier molecular flexibility index (Phi) is 3.06. The molecule has 2 aromatic carbocycles. The third-order valence-corrected chi connectivity index (χ3v) is 3.20. The number of benzene rings is 2. The smallest absolute Gasteiger partial charge is 0.141 e. The molecule has 100 valence electrons. The highest BCUT2D eigenvalue weighted by Crippen LogP contribution is 2.27. The first-order valence-corrected chi connectivity index (χ1v) is 6.14. The van der Waals surface area contributed by atoms with Gasteiger partial charge in [-0.25, -0.2) is 8.78 Å². The van der Waals surface area contributed by atoms with Crippen molar-refractivity contribution in [2.75, 3.05) is 0 Å². The van der Waals surface area contributed by atoms with Gasteiger partial charge in [-0.05, 0) is 35.9 Å². The lowest BCUT2D eigenvalue weighted by atomic mass is 10.0. The molecule has 3 aromatic rings. The van der Waals surface area contributed by atoms with Gasteiger partial charge >= 0.3 is 0 Å². The fraction of sp³-hybridized carbons (Fsp3) is 0.0625. The molecule has 0 bridgehead atoms. The molecule has 0 saturated heterocycles. The number of hydrogen-bond donors (Lipinski definition) is 1. The van der Waals surface area contributed by atoms with Crippen LogP contribution in [0.2, 0.25) is 0 Å². The number of nitrogens with zero attached hydrogens (tertiary/aromatic N) is 1. The van der Waals surface area contributed by atoms with Crippen LogP contribution in [0.25, 0.3) is 10.8 Å². The molecule has 0 aliphatic heterocycles. The number of aromatic hydroxyl groups is 1. The molecule has 3 rings (SSSR count). The minimum Gasteiger partial charge on any atom is -0.506 e. The van der Waals surface area contributed by atoms with E-state index < -0.39 is 5.82 Å². The maximum atomic E-state index is 13.2. The summed E-state index contributed by atoms with van der Waals surface area (Å²) in [4.78, 5) is 4.19. The second kappa shape index (κ2) is 4.89. The molecule has 0 aliphatic carbocycles. The average Bonchev–Trinajstić information content (AvgIpc) is 2.44. The van der Waals surface area contributed by atoms with E-state index in [-0.39, 0.29) is 11.6 Å². The first-order chi connectivity index (χ1) is 9.63. The van der Waals surface area contributed by atoms with E-state index in [1.165, 1.54) is 30.5 Å². The lowest BCUT2D eigenvalue weighted by Gasteiger charge is -2.07. The maximum Gasteiger partial charge on any atom is 0.141 e. The van der Waals surface area contributed by atoms with E-state index in [0.717, 1.165) is 5.56 Å². The number of fused-ring (bicyclic) bond motifs is 1. The summed E-state index contributed by atoms with van der Waals surface area (Å²) >= 11 is 0. The van der Waals surface area contributed by atoms with Crippen molar-refractivity contribution in [2.45, 2.75) is 6.42 Å². The molecular formula is C16H11F2NO. The summed E-state index contributed by atoms with van der Waals surface area (Å²) in [5, 5.41) is 10.9. The highest BCUT2D eigenvalue weighted by Gasteiger charge is 2.09. The minimum absolute atomic E-state index is 0.0534. The van der Waals surface area contributed by atoms with Crippen LogP contribution in [0.1, 0.15) is 11.3 Å². The van der Waals surface area contributed by atoms with Crippen molar-refractivity contribution in [3.05, 3.63) is 71.6 Å². The van der Waals surface area contributed by atoms with Crippen LogP contribution in [-0.2, 0) is 6.42 Å². The van der Waals surface area contributed by atoms with Crippen LogP contribution < -0.4 is 0 Å². The van der Waals surface area contributed by atoms with Gasteiger partial charge in [0.2, 0.25) is 0 Å². The van der Waals surface area contributed by atoms with Gasteiger partial charge < -0.3 is 5.11 Å². The van der Waals surface area contributed by atoms with E-state index in [2.05, 4.69) is 4.98 Å². The van der Waals surface area contributed by atoms with Crippen molar-refractivity contribution in [2.24, 2.45) is 0 Å². The molecule has 0 spiro atoms. The predicted molar refractivity (Wildman–Crippen MR) is 72.6 cm³/mol.